The molecule has 4 heteroatoms. The van der Waals surface area contributed by atoms with E-state index in [-0.39, 0.29) is 30.2 Å². The Hall–Kier alpha value is -2.22. The third-order valence-corrected chi connectivity index (χ3v) is 12.7. The van der Waals surface area contributed by atoms with Crippen molar-refractivity contribution < 1.29 is 48.1 Å². The zero-order chi connectivity index (χ0) is 38.5. The molecular weight excluding hydrogens is 815 g/mol. The molecule has 0 radical (unpaired) electrons. The molecule has 0 heterocycles. The van der Waals surface area contributed by atoms with Gasteiger partial charge in [-0.15, -0.1) is 69.1 Å². The van der Waals surface area contributed by atoms with Crippen LogP contribution in [-0.2, 0) is 36.2 Å². The van der Waals surface area contributed by atoms with Gasteiger partial charge in [-0.3, -0.25) is 0 Å². The van der Waals surface area contributed by atoms with Gasteiger partial charge in [0.15, 0.2) is 0 Å². The van der Waals surface area contributed by atoms with Crippen LogP contribution in [0.3, 0.4) is 0 Å². The zero-order valence-electron chi connectivity index (χ0n) is 35.5. The van der Waals surface area contributed by atoms with Crippen LogP contribution in [0.2, 0.25) is 13.1 Å². The first-order chi connectivity index (χ1) is 25.9. The number of hydrogen-bond donors (Lipinski definition) is 0. The third-order valence-electron chi connectivity index (χ3n) is 12.7. The molecule has 2 aliphatic carbocycles. The van der Waals surface area contributed by atoms with E-state index in [2.05, 4.69) is 152 Å². The van der Waals surface area contributed by atoms with E-state index in [1.54, 1.807) is 23.3 Å². The van der Waals surface area contributed by atoms with E-state index in [0.717, 1.165) is 0 Å². The number of hydrogen-bond acceptors (Lipinski definition) is 0. The van der Waals surface area contributed by atoms with Crippen LogP contribution in [0, 0.1) is 38.5 Å². The maximum absolute atomic E-state index is 2.47. The molecule has 0 N–H and O–H groups in total. The van der Waals surface area contributed by atoms with Gasteiger partial charge >= 0.3 is 41.9 Å². The molecule has 0 aromatic heterocycles. The van der Waals surface area contributed by atoms with Crippen LogP contribution >= 0.6 is 0 Å². The van der Waals surface area contributed by atoms with Gasteiger partial charge in [0.1, 0.15) is 0 Å². The molecule has 0 bridgehead atoms. The number of aryl methyl sites for hydroxylation is 4. The van der Waals surface area contributed by atoms with Gasteiger partial charge < -0.3 is 24.8 Å². The summed E-state index contributed by atoms with van der Waals surface area (Å²) in [6.07, 6.45) is 16.5. The largest absolute Gasteiger partial charge is 1.00 e. The first kappa shape index (κ1) is 46.5. The predicted octanol–water partition coefficient (Wildman–Crippen LogP) is 9.50. The summed E-state index contributed by atoms with van der Waals surface area (Å²) in [5.41, 5.74) is 15.2. The number of rotatable bonds is 8. The van der Waals surface area contributed by atoms with E-state index < -0.39 is 0 Å². The summed E-state index contributed by atoms with van der Waals surface area (Å²) < 4.78 is 0. The average Bonchev–Trinajstić information content (AvgIpc) is 3.94. The van der Waals surface area contributed by atoms with Crippen molar-refractivity contribution in [3.8, 4) is 22.3 Å². The number of fused-ring (bicyclic) bond motifs is 2. The second-order valence-corrected chi connectivity index (χ2v) is 26.9. The number of benzene rings is 4. The van der Waals surface area contributed by atoms with Crippen LogP contribution in [-0.4, -0.2) is 5.43 Å². The summed E-state index contributed by atoms with van der Waals surface area (Å²) in [6.45, 7) is 18.2. The molecule has 0 unspecified atom stereocenters. The monoisotopic (exact) mass is 876 g/mol. The molecule has 0 saturated heterocycles. The molecule has 0 amide bonds. The van der Waals surface area contributed by atoms with E-state index in [4.69, 9.17) is 0 Å². The van der Waals surface area contributed by atoms with Gasteiger partial charge in [-0.05, 0) is 88.2 Å². The van der Waals surface area contributed by atoms with E-state index in [0.29, 0.717) is 10.8 Å². The van der Waals surface area contributed by atoms with Crippen molar-refractivity contribution in [2.45, 2.75) is 132 Å². The fourth-order valence-electron chi connectivity index (χ4n) is 9.99. The Morgan fingerprint density at radius 1 is 0.536 bits per heavy atom. The van der Waals surface area contributed by atoms with Crippen LogP contribution in [0.1, 0.15) is 111 Å². The quantitative estimate of drug-likeness (QED) is 0.106. The zero-order valence-corrected chi connectivity index (χ0v) is 40.4. The molecule has 6 aromatic rings. The van der Waals surface area contributed by atoms with Crippen molar-refractivity contribution in [3.05, 3.63) is 130 Å². The predicted molar refractivity (Wildman–Crippen MR) is 236 cm³/mol. The standard InChI is InChI=1S/2C25H29.C2H6Si.2ClH.Zr/c2*1-4-25(10-5-6-11-25)17-20-15-21-8-7-9-23(24(21)16-20)22-13-18(2)12-19(3)14-22;1-3-2;;;/h2*7-9,12-16H,4-6,10-11,17H2,1-3H3;1-2H3;2*1H;/q2*-1;;;;+2/p-2. The molecule has 56 heavy (non-hydrogen) atoms. The Balaban J connectivity index is 0.000000220. The molecule has 0 nitrogen and oxygen atoms in total. The average molecular weight is 879 g/mol. The van der Waals surface area contributed by atoms with Gasteiger partial charge in [0.25, 0.3) is 0 Å². The fourth-order valence-corrected chi connectivity index (χ4v) is 9.99. The number of halogens is 2. The van der Waals surface area contributed by atoms with Crippen molar-refractivity contribution in [1.29, 1.82) is 0 Å². The first-order valence-electron chi connectivity index (χ1n) is 21.0. The van der Waals surface area contributed by atoms with E-state index >= 15 is 0 Å². The molecule has 8 rings (SSSR count). The van der Waals surface area contributed by atoms with Gasteiger partial charge in [0.2, 0.25) is 0 Å². The minimum atomic E-state index is 0. The van der Waals surface area contributed by atoms with Crippen LogP contribution < -0.4 is 24.8 Å². The van der Waals surface area contributed by atoms with Crippen molar-refractivity contribution in [1.82, 2.24) is 0 Å². The van der Waals surface area contributed by atoms with Crippen molar-refractivity contribution in [2.75, 3.05) is 0 Å². The maximum atomic E-state index is 2.47. The molecule has 2 saturated carbocycles. The van der Waals surface area contributed by atoms with Gasteiger partial charge in [-0.1, -0.05) is 134 Å². The Morgan fingerprint density at radius 2 is 0.857 bits per heavy atom. The van der Waals surface area contributed by atoms with Crippen molar-refractivity contribution >= 4 is 27.0 Å². The molecule has 0 spiro atoms. The van der Waals surface area contributed by atoms with Crippen LogP contribution in [0.5, 0.6) is 0 Å². The maximum Gasteiger partial charge on any atom is -1.00 e. The normalized spacial score (nSPS) is 15.3. The SMILES string of the molecule is CCC1(Cc2cc3c(-c4cc(C)cc(C)c4)cccc3[cH-]2)CCCC1.CCC1(Cc2cc3c(-c4cc(C)cc(C)c4)cccc3[cH-]2)CCCC1.C[Si](C)=[Zr+2].[Cl-].[Cl-]. The third kappa shape index (κ3) is 11.5. The van der Waals surface area contributed by atoms with E-state index in [9.17, 15) is 0 Å². The molecule has 2 fully saturated rings. The van der Waals surface area contributed by atoms with Crippen molar-refractivity contribution in [2.24, 2.45) is 10.8 Å². The van der Waals surface area contributed by atoms with E-state index in [1.165, 1.54) is 154 Å². The fraction of sp³-hybridized carbons (Fsp3) is 0.423. The summed E-state index contributed by atoms with van der Waals surface area (Å²) in [7, 11) is 0. The Bertz CT molecular complexity index is 2010. The molecule has 296 valence electrons. The van der Waals surface area contributed by atoms with E-state index in [1.807, 2.05) is 0 Å². The minimum absolute atomic E-state index is 0. The Morgan fingerprint density at radius 3 is 1.16 bits per heavy atom. The summed E-state index contributed by atoms with van der Waals surface area (Å²) in [6, 6.07) is 37.2. The summed E-state index contributed by atoms with van der Waals surface area (Å²) >= 11 is 1.74. The first-order valence-corrected chi connectivity index (χ1v) is 27.1. The van der Waals surface area contributed by atoms with Gasteiger partial charge in [-0.25, -0.2) is 0 Å². The molecule has 2 aliphatic rings. The summed E-state index contributed by atoms with van der Waals surface area (Å²) in [4.78, 5) is 0. The second-order valence-electron chi connectivity index (χ2n) is 17.6. The molecule has 6 aromatic carbocycles. The van der Waals surface area contributed by atoms with Crippen LogP contribution in [0.25, 0.3) is 43.8 Å². The Labute approximate surface area is 367 Å². The van der Waals surface area contributed by atoms with Crippen molar-refractivity contribution in [3.63, 3.8) is 0 Å². The summed E-state index contributed by atoms with van der Waals surface area (Å²) in [5, 5.41) is 5.64. The topological polar surface area (TPSA) is 0 Å². The molecule has 0 aliphatic heterocycles. The smallest absolute Gasteiger partial charge is 1.00 e. The second kappa shape index (κ2) is 20.7. The van der Waals surface area contributed by atoms with Crippen LogP contribution in [0.4, 0.5) is 0 Å². The van der Waals surface area contributed by atoms with Gasteiger partial charge in [0, 0.05) is 0 Å². The van der Waals surface area contributed by atoms with Crippen LogP contribution in [0.15, 0.2) is 97.1 Å². The van der Waals surface area contributed by atoms with Gasteiger partial charge in [0.05, 0.1) is 0 Å². The van der Waals surface area contributed by atoms with Gasteiger partial charge in [-0.2, -0.15) is 12.1 Å². The Kier molecular flexibility index (Phi) is 17.1. The molecular formula is C52H64Cl2SiZr-2. The minimum Gasteiger partial charge on any atom is -1.00 e. The molecule has 0 atom stereocenters. The summed E-state index contributed by atoms with van der Waals surface area (Å²) in [5.74, 6) is 0.